The summed E-state index contributed by atoms with van der Waals surface area (Å²) in [7, 11) is 0. The molecule has 0 bridgehead atoms. The zero-order valence-electron chi connectivity index (χ0n) is 10.8. The molecular weight excluding hydrogens is 184 g/mol. The Labute approximate surface area is 93.9 Å². The van der Waals surface area contributed by atoms with Crippen LogP contribution in [0.5, 0.6) is 0 Å². The molecule has 0 aromatic heterocycles. The van der Waals surface area contributed by atoms with Gasteiger partial charge in [0.15, 0.2) is 0 Å². The first-order valence-electron chi connectivity index (χ1n) is 5.82. The molecule has 0 amide bonds. The highest BCUT2D eigenvalue weighted by Crippen LogP contribution is 2.37. The van der Waals surface area contributed by atoms with E-state index in [4.69, 9.17) is 0 Å². The van der Waals surface area contributed by atoms with Crippen LogP contribution < -0.4 is 0 Å². The average molecular weight is 208 g/mol. The van der Waals surface area contributed by atoms with E-state index < -0.39 is 0 Å². The molecule has 15 heavy (non-hydrogen) atoms. The SMILES string of the molecule is CC1=CC(O)C(C(C)C)C=C1C(C)(C)C. The molecule has 2 unspecified atom stereocenters. The predicted octanol–water partition coefficient (Wildman–Crippen LogP) is 3.55. The predicted molar refractivity (Wildman–Crippen MR) is 65.6 cm³/mol. The fourth-order valence-electron chi connectivity index (χ4n) is 2.31. The first-order valence-corrected chi connectivity index (χ1v) is 5.82. The van der Waals surface area contributed by atoms with Crippen molar-refractivity contribution in [1.29, 1.82) is 0 Å². The maximum absolute atomic E-state index is 9.97. The van der Waals surface area contributed by atoms with E-state index in [1.54, 1.807) is 0 Å². The minimum Gasteiger partial charge on any atom is -0.388 e. The summed E-state index contributed by atoms with van der Waals surface area (Å²) in [6, 6.07) is 0. The third-order valence-electron chi connectivity index (χ3n) is 3.18. The fourth-order valence-corrected chi connectivity index (χ4v) is 2.31. The maximum atomic E-state index is 9.97. The Bertz CT molecular complexity index is 289. The Kier molecular flexibility index (Phi) is 3.44. The van der Waals surface area contributed by atoms with Crippen molar-refractivity contribution in [2.75, 3.05) is 0 Å². The van der Waals surface area contributed by atoms with Gasteiger partial charge in [0.1, 0.15) is 0 Å². The fraction of sp³-hybridized carbons (Fsp3) is 0.714. The van der Waals surface area contributed by atoms with Crippen LogP contribution in [-0.4, -0.2) is 11.2 Å². The molecule has 2 atom stereocenters. The van der Waals surface area contributed by atoms with Gasteiger partial charge in [0, 0.05) is 5.92 Å². The molecule has 1 aliphatic carbocycles. The number of aliphatic hydroxyl groups is 1. The number of hydrogen-bond donors (Lipinski definition) is 1. The first kappa shape index (κ1) is 12.5. The minimum absolute atomic E-state index is 0.174. The Morgan fingerprint density at radius 2 is 1.73 bits per heavy atom. The van der Waals surface area contributed by atoms with E-state index in [1.807, 2.05) is 6.08 Å². The summed E-state index contributed by atoms with van der Waals surface area (Å²) in [5, 5.41) is 9.97. The number of aliphatic hydroxyl groups excluding tert-OH is 1. The lowest BCUT2D eigenvalue weighted by molar-refractivity contribution is 0.146. The van der Waals surface area contributed by atoms with Gasteiger partial charge in [-0.1, -0.05) is 46.8 Å². The molecule has 1 heteroatoms. The van der Waals surface area contributed by atoms with Crippen LogP contribution in [0.25, 0.3) is 0 Å². The van der Waals surface area contributed by atoms with Gasteiger partial charge in [0.2, 0.25) is 0 Å². The van der Waals surface area contributed by atoms with Crippen molar-refractivity contribution in [3.8, 4) is 0 Å². The third kappa shape index (κ3) is 2.72. The van der Waals surface area contributed by atoms with Crippen molar-refractivity contribution in [3.63, 3.8) is 0 Å². The molecule has 0 heterocycles. The van der Waals surface area contributed by atoms with E-state index in [-0.39, 0.29) is 17.4 Å². The second-order valence-electron chi connectivity index (χ2n) is 5.99. The van der Waals surface area contributed by atoms with E-state index in [9.17, 15) is 5.11 Å². The van der Waals surface area contributed by atoms with Gasteiger partial charge in [0.05, 0.1) is 6.10 Å². The highest BCUT2D eigenvalue weighted by molar-refractivity contribution is 5.38. The topological polar surface area (TPSA) is 20.2 Å². The van der Waals surface area contributed by atoms with Crippen LogP contribution in [0, 0.1) is 17.3 Å². The monoisotopic (exact) mass is 208 g/mol. The third-order valence-corrected chi connectivity index (χ3v) is 3.18. The van der Waals surface area contributed by atoms with Gasteiger partial charge in [-0.2, -0.15) is 0 Å². The van der Waals surface area contributed by atoms with E-state index in [0.717, 1.165) is 0 Å². The smallest absolute Gasteiger partial charge is 0.0791 e. The molecule has 1 nitrogen and oxygen atoms in total. The van der Waals surface area contributed by atoms with Crippen molar-refractivity contribution >= 4 is 0 Å². The summed E-state index contributed by atoms with van der Waals surface area (Å²) in [6.07, 6.45) is 3.96. The van der Waals surface area contributed by atoms with Crippen LogP contribution in [0.1, 0.15) is 41.5 Å². The molecule has 0 radical (unpaired) electrons. The van der Waals surface area contributed by atoms with Crippen molar-refractivity contribution in [2.45, 2.75) is 47.6 Å². The van der Waals surface area contributed by atoms with Gasteiger partial charge in [-0.15, -0.1) is 0 Å². The van der Waals surface area contributed by atoms with Gasteiger partial charge in [-0.25, -0.2) is 0 Å². The van der Waals surface area contributed by atoms with E-state index in [2.05, 4.69) is 47.6 Å². The average Bonchev–Trinajstić information content (AvgIpc) is 2.00. The number of hydrogen-bond acceptors (Lipinski definition) is 1. The van der Waals surface area contributed by atoms with Crippen LogP contribution >= 0.6 is 0 Å². The molecule has 0 aliphatic heterocycles. The van der Waals surface area contributed by atoms with Crippen molar-refractivity contribution in [1.82, 2.24) is 0 Å². The largest absolute Gasteiger partial charge is 0.388 e. The second kappa shape index (κ2) is 4.13. The molecule has 86 valence electrons. The summed E-state index contributed by atoms with van der Waals surface area (Å²) < 4.78 is 0. The summed E-state index contributed by atoms with van der Waals surface area (Å²) >= 11 is 0. The summed E-state index contributed by atoms with van der Waals surface area (Å²) in [5.74, 6) is 0.754. The van der Waals surface area contributed by atoms with E-state index in [0.29, 0.717) is 5.92 Å². The molecule has 1 N–H and O–H groups in total. The van der Waals surface area contributed by atoms with Crippen molar-refractivity contribution < 1.29 is 5.11 Å². The minimum atomic E-state index is -0.309. The molecule has 0 aromatic carbocycles. The summed E-state index contributed by atoms with van der Waals surface area (Å²) in [6.45, 7) is 13.1. The number of rotatable bonds is 1. The molecule has 1 rings (SSSR count). The van der Waals surface area contributed by atoms with Crippen LogP contribution in [0.2, 0.25) is 0 Å². The first-order chi connectivity index (χ1) is 6.73. The van der Waals surface area contributed by atoms with Gasteiger partial charge in [0.25, 0.3) is 0 Å². The Hall–Kier alpha value is -0.560. The highest BCUT2D eigenvalue weighted by atomic mass is 16.3. The Morgan fingerprint density at radius 1 is 1.20 bits per heavy atom. The zero-order valence-corrected chi connectivity index (χ0v) is 10.8. The van der Waals surface area contributed by atoms with E-state index >= 15 is 0 Å². The molecule has 0 aromatic rings. The lowest BCUT2D eigenvalue weighted by atomic mass is 9.74. The van der Waals surface area contributed by atoms with Crippen molar-refractivity contribution in [2.24, 2.45) is 17.3 Å². The lowest BCUT2D eigenvalue weighted by Gasteiger charge is -2.33. The second-order valence-corrected chi connectivity index (χ2v) is 5.99. The molecule has 0 saturated carbocycles. The zero-order chi connectivity index (χ0) is 11.8. The van der Waals surface area contributed by atoms with Gasteiger partial charge in [-0.05, 0) is 29.4 Å². The van der Waals surface area contributed by atoms with Crippen LogP contribution in [0.3, 0.4) is 0 Å². The standard InChI is InChI=1S/C14H24O/c1-9(2)11-8-12(14(4,5)6)10(3)7-13(11)15/h7-9,11,13,15H,1-6H3. The van der Waals surface area contributed by atoms with Crippen LogP contribution in [0.4, 0.5) is 0 Å². The molecule has 0 saturated heterocycles. The van der Waals surface area contributed by atoms with Gasteiger partial charge >= 0.3 is 0 Å². The van der Waals surface area contributed by atoms with Gasteiger partial charge < -0.3 is 5.11 Å². The lowest BCUT2D eigenvalue weighted by Crippen LogP contribution is -2.28. The molecular formula is C14H24O. The van der Waals surface area contributed by atoms with E-state index in [1.165, 1.54) is 11.1 Å². The highest BCUT2D eigenvalue weighted by Gasteiger charge is 2.28. The summed E-state index contributed by atoms with van der Waals surface area (Å²) in [5.41, 5.74) is 2.78. The van der Waals surface area contributed by atoms with Crippen molar-refractivity contribution in [3.05, 3.63) is 23.3 Å². The van der Waals surface area contributed by atoms with Crippen LogP contribution in [0.15, 0.2) is 23.3 Å². The van der Waals surface area contributed by atoms with Gasteiger partial charge in [-0.3, -0.25) is 0 Å². The molecule has 1 aliphatic rings. The molecule has 0 spiro atoms. The Balaban J connectivity index is 3.06. The number of allylic oxidation sites excluding steroid dienone is 2. The Morgan fingerprint density at radius 3 is 2.13 bits per heavy atom. The normalized spacial score (nSPS) is 27.7. The van der Waals surface area contributed by atoms with Crippen LogP contribution in [-0.2, 0) is 0 Å². The summed E-state index contributed by atoms with van der Waals surface area (Å²) in [4.78, 5) is 0. The quantitative estimate of drug-likeness (QED) is 0.698. The molecule has 0 fully saturated rings. The maximum Gasteiger partial charge on any atom is 0.0791 e.